The Morgan fingerprint density at radius 1 is 1.20 bits per heavy atom. The van der Waals surface area contributed by atoms with Crippen molar-refractivity contribution in [2.45, 2.75) is 12.0 Å². The van der Waals surface area contributed by atoms with Gasteiger partial charge < -0.3 is 19.9 Å². The van der Waals surface area contributed by atoms with Crippen molar-refractivity contribution < 1.29 is 24.2 Å². The lowest BCUT2D eigenvalue weighted by Gasteiger charge is -2.21. The third kappa shape index (κ3) is 3.01. The van der Waals surface area contributed by atoms with E-state index in [0.717, 1.165) is 0 Å². The van der Waals surface area contributed by atoms with E-state index in [1.54, 1.807) is 36.4 Å². The van der Waals surface area contributed by atoms with Crippen molar-refractivity contribution in [1.82, 2.24) is 0 Å². The van der Waals surface area contributed by atoms with Crippen molar-refractivity contribution >= 4 is 33.3 Å². The lowest BCUT2D eigenvalue weighted by atomic mass is 9.88. The second kappa shape index (κ2) is 6.50. The van der Waals surface area contributed by atoms with Crippen LogP contribution < -0.4 is 14.8 Å². The number of Topliss-reactive ketones (excluding diaryl/α,β-unsaturated/α-hetero) is 1. The van der Waals surface area contributed by atoms with Crippen LogP contribution in [0.25, 0.3) is 0 Å². The summed E-state index contributed by atoms with van der Waals surface area (Å²) in [7, 11) is 2.95. The van der Waals surface area contributed by atoms with Gasteiger partial charge in [-0.15, -0.1) is 0 Å². The van der Waals surface area contributed by atoms with Gasteiger partial charge in [-0.25, -0.2) is 0 Å². The van der Waals surface area contributed by atoms with Crippen LogP contribution in [0.4, 0.5) is 5.69 Å². The highest BCUT2D eigenvalue weighted by Gasteiger charge is 2.47. The molecule has 25 heavy (non-hydrogen) atoms. The molecule has 0 aromatic heterocycles. The molecule has 0 unspecified atom stereocenters. The molecule has 2 aromatic rings. The van der Waals surface area contributed by atoms with E-state index in [9.17, 15) is 14.7 Å². The summed E-state index contributed by atoms with van der Waals surface area (Å²) < 4.78 is 11.0. The molecule has 1 aliphatic rings. The number of halogens is 1. The fraction of sp³-hybridized carbons (Fsp3) is 0.222. The first-order valence-electron chi connectivity index (χ1n) is 7.48. The highest BCUT2D eigenvalue weighted by Crippen LogP contribution is 2.41. The fourth-order valence-electron chi connectivity index (χ4n) is 2.85. The molecule has 3 rings (SSSR count). The monoisotopic (exact) mass is 405 g/mol. The van der Waals surface area contributed by atoms with Gasteiger partial charge in [-0.1, -0.05) is 15.9 Å². The quantitative estimate of drug-likeness (QED) is 0.747. The molecule has 130 valence electrons. The van der Waals surface area contributed by atoms with Gasteiger partial charge in [0.15, 0.2) is 11.4 Å². The number of hydrogen-bond donors (Lipinski definition) is 2. The number of fused-ring (bicyclic) bond motifs is 1. The van der Waals surface area contributed by atoms with Gasteiger partial charge in [0.1, 0.15) is 11.5 Å². The number of methoxy groups -OCH3 is 2. The van der Waals surface area contributed by atoms with E-state index >= 15 is 0 Å². The molecule has 0 radical (unpaired) electrons. The second-order valence-corrected chi connectivity index (χ2v) is 6.59. The minimum absolute atomic E-state index is 0.271. The molecule has 1 amide bonds. The van der Waals surface area contributed by atoms with Crippen LogP contribution in [0.3, 0.4) is 0 Å². The largest absolute Gasteiger partial charge is 0.497 e. The zero-order valence-corrected chi connectivity index (χ0v) is 15.2. The molecule has 0 bridgehead atoms. The van der Waals surface area contributed by atoms with E-state index < -0.39 is 23.7 Å². The molecular weight excluding hydrogens is 390 g/mol. The number of benzene rings is 2. The number of aliphatic hydroxyl groups is 1. The minimum Gasteiger partial charge on any atom is -0.497 e. The van der Waals surface area contributed by atoms with Gasteiger partial charge >= 0.3 is 0 Å². The van der Waals surface area contributed by atoms with Crippen LogP contribution in [0.1, 0.15) is 22.3 Å². The molecule has 0 saturated heterocycles. The van der Waals surface area contributed by atoms with Gasteiger partial charge in [-0.05, 0) is 30.3 Å². The Balaban J connectivity index is 1.96. The van der Waals surface area contributed by atoms with Gasteiger partial charge in [0.25, 0.3) is 5.91 Å². The van der Waals surface area contributed by atoms with Crippen molar-refractivity contribution in [3.05, 3.63) is 52.0 Å². The van der Waals surface area contributed by atoms with Crippen LogP contribution in [-0.4, -0.2) is 31.0 Å². The van der Waals surface area contributed by atoms with Crippen LogP contribution >= 0.6 is 15.9 Å². The Hall–Kier alpha value is -2.38. The average molecular weight is 406 g/mol. The number of anilines is 1. The predicted molar refractivity (Wildman–Crippen MR) is 95.2 cm³/mol. The van der Waals surface area contributed by atoms with Gasteiger partial charge in [0.2, 0.25) is 0 Å². The molecule has 1 atom stereocenters. The first-order chi connectivity index (χ1) is 11.9. The number of nitrogens with one attached hydrogen (secondary N) is 1. The van der Waals surface area contributed by atoms with E-state index in [2.05, 4.69) is 21.2 Å². The summed E-state index contributed by atoms with van der Waals surface area (Å²) in [5.41, 5.74) is -0.799. The van der Waals surface area contributed by atoms with Crippen LogP contribution in [0.15, 0.2) is 40.9 Å². The van der Waals surface area contributed by atoms with Gasteiger partial charge in [-0.3, -0.25) is 9.59 Å². The molecule has 0 saturated carbocycles. The van der Waals surface area contributed by atoms with E-state index in [1.807, 2.05) is 0 Å². The topological polar surface area (TPSA) is 84.9 Å². The minimum atomic E-state index is -1.93. The smallest absolute Gasteiger partial charge is 0.261 e. The zero-order valence-electron chi connectivity index (χ0n) is 13.6. The van der Waals surface area contributed by atoms with Crippen molar-refractivity contribution in [2.24, 2.45) is 0 Å². The van der Waals surface area contributed by atoms with Crippen LogP contribution in [0, 0.1) is 0 Å². The maximum atomic E-state index is 12.8. The van der Waals surface area contributed by atoms with Gasteiger partial charge in [0, 0.05) is 21.8 Å². The SMILES string of the molecule is COc1ccc(C(=O)C[C@@]2(O)C(=O)Nc3ccc(Br)cc32)c(OC)c1. The summed E-state index contributed by atoms with van der Waals surface area (Å²) in [5.74, 6) is -0.174. The fourth-order valence-corrected chi connectivity index (χ4v) is 3.21. The van der Waals surface area contributed by atoms with Crippen molar-refractivity contribution in [2.75, 3.05) is 19.5 Å². The Bertz CT molecular complexity index is 867. The summed E-state index contributed by atoms with van der Waals surface area (Å²) in [6, 6.07) is 9.81. The summed E-state index contributed by atoms with van der Waals surface area (Å²) in [6.45, 7) is 0. The normalized spacial score (nSPS) is 18.5. The number of hydrogen-bond acceptors (Lipinski definition) is 5. The summed E-state index contributed by atoms with van der Waals surface area (Å²) >= 11 is 3.32. The molecule has 2 aromatic carbocycles. The Labute approximate surface area is 152 Å². The third-order valence-corrected chi connectivity index (χ3v) is 4.67. The first kappa shape index (κ1) is 17.4. The molecule has 0 fully saturated rings. The summed E-state index contributed by atoms with van der Waals surface area (Å²) in [4.78, 5) is 25.1. The maximum absolute atomic E-state index is 12.8. The van der Waals surface area contributed by atoms with E-state index in [1.165, 1.54) is 14.2 Å². The van der Waals surface area contributed by atoms with E-state index in [4.69, 9.17) is 9.47 Å². The highest BCUT2D eigenvalue weighted by atomic mass is 79.9. The lowest BCUT2D eigenvalue weighted by Crippen LogP contribution is -2.36. The lowest BCUT2D eigenvalue weighted by molar-refractivity contribution is -0.133. The summed E-state index contributed by atoms with van der Waals surface area (Å²) in [5, 5.41) is 13.5. The molecular formula is C18H16BrNO5. The third-order valence-electron chi connectivity index (χ3n) is 4.18. The Morgan fingerprint density at radius 2 is 1.96 bits per heavy atom. The highest BCUT2D eigenvalue weighted by molar-refractivity contribution is 9.10. The Kier molecular flexibility index (Phi) is 4.53. The number of carbonyl (C=O) groups is 2. The maximum Gasteiger partial charge on any atom is 0.261 e. The van der Waals surface area contributed by atoms with Gasteiger partial charge in [0.05, 0.1) is 26.2 Å². The molecule has 7 heteroatoms. The van der Waals surface area contributed by atoms with E-state index in [-0.39, 0.29) is 5.56 Å². The van der Waals surface area contributed by atoms with Crippen molar-refractivity contribution in [3.63, 3.8) is 0 Å². The van der Waals surface area contributed by atoms with Crippen LogP contribution in [0.2, 0.25) is 0 Å². The predicted octanol–water partition coefficient (Wildman–Crippen LogP) is 2.88. The number of ketones is 1. The number of carbonyl (C=O) groups excluding carboxylic acids is 2. The van der Waals surface area contributed by atoms with Crippen LogP contribution in [0.5, 0.6) is 11.5 Å². The molecule has 1 aliphatic heterocycles. The molecule has 0 aliphatic carbocycles. The first-order valence-corrected chi connectivity index (χ1v) is 8.27. The molecule has 6 nitrogen and oxygen atoms in total. The van der Waals surface area contributed by atoms with E-state index in [0.29, 0.717) is 27.2 Å². The van der Waals surface area contributed by atoms with Gasteiger partial charge in [-0.2, -0.15) is 0 Å². The van der Waals surface area contributed by atoms with Crippen LogP contribution in [-0.2, 0) is 10.4 Å². The van der Waals surface area contributed by atoms with Crippen molar-refractivity contribution in [1.29, 1.82) is 0 Å². The molecule has 2 N–H and O–H groups in total. The standard InChI is InChI=1S/C18H16BrNO5/c1-24-11-4-5-12(16(8-11)25-2)15(21)9-18(23)13-7-10(19)3-6-14(13)20-17(18)22/h3-8,23H,9H2,1-2H3,(H,20,22)/t18-/m0/s1. The number of amides is 1. The second-order valence-electron chi connectivity index (χ2n) is 5.67. The Morgan fingerprint density at radius 3 is 2.64 bits per heavy atom. The molecule has 1 heterocycles. The summed E-state index contributed by atoms with van der Waals surface area (Å²) in [6.07, 6.45) is -0.398. The van der Waals surface area contributed by atoms with Crippen molar-refractivity contribution in [3.8, 4) is 11.5 Å². The average Bonchev–Trinajstić information content (AvgIpc) is 2.84. The molecule has 0 spiro atoms. The number of rotatable bonds is 5. The zero-order chi connectivity index (χ0) is 18.2. The number of ether oxygens (including phenoxy) is 2.